The molecule has 0 amide bonds. The van der Waals surface area contributed by atoms with E-state index in [0.717, 1.165) is 0 Å². The summed E-state index contributed by atoms with van der Waals surface area (Å²) in [5.41, 5.74) is -0.813. The predicted molar refractivity (Wildman–Crippen MR) is 40.7 cm³/mol. The molecule has 0 aliphatic rings. The Morgan fingerprint density at radius 3 is 2.08 bits per heavy atom. The Hall–Kier alpha value is -1.26. The average Bonchev–Trinajstić information content (AvgIpc) is 2.24. The first-order chi connectivity index (χ1) is 5.88. The van der Waals surface area contributed by atoms with E-state index in [1.807, 2.05) is 0 Å². The number of aldehydes is 1. The lowest BCUT2D eigenvalue weighted by molar-refractivity contribution is -0.138. The minimum absolute atomic E-state index is 0.00942. The van der Waals surface area contributed by atoms with E-state index in [0.29, 0.717) is 6.29 Å². The number of aromatic nitrogens is 1. The van der Waals surface area contributed by atoms with Crippen molar-refractivity contribution in [2.75, 3.05) is 0 Å². The van der Waals surface area contributed by atoms with Crippen LogP contribution in [0, 0.1) is 13.8 Å². The van der Waals surface area contributed by atoms with E-state index in [9.17, 15) is 18.0 Å². The van der Waals surface area contributed by atoms with Crippen LogP contribution in [0.2, 0.25) is 0 Å². The number of alkyl halides is 3. The molecule has 2 nitrogen and oxygen atoms in total. The average molecular weight is 191 g/mol. The number of rotatable bonds is 1. The molecule has 1 aromatic heterocycles. The molecule has 0 fully saturated rings. The van der Waals surface area contributed by atoms with Gasteiger partial charge < -0.3 is 4.98 Å². The van der Waals surface area contributed by atoms with Crippen LogP contribution in [0.1, 0.15) is 27.3 Å². The largest absolute Gasteiger partial charge is 0.418 e. The van der Waals surface area contributed by atoms with Crippen molar-refractivity contribution in [3.05, 3.63) is 22.5 Å². The van der Waals surface area contributed by atoms with Gasteiger partial charge in [-0.25, -0.2) is 0 Å². The summed E-state index contributed by atoms with van der Waals surface area (Å²) in [6, 6.07) is 0. The van der Waals surface area contributed by atoms with Gasteiger partial charge in [0.25, 0.3) is 0 Å². The minimum atomic E-state index is -4.40. The first kappa shape index (κ1) is 9.83. The molecule has 0 aliphatic carbocycles. The highest BCUT2D eigenvalue weighted by Crippen LogP contribution is 2.35. The van der Waals surface area contributed by atoms with Gasteiger partial charge >= 0.3 is 6.18 Å². The van der Waals surface area contributed by atoms with Crippen LogP contribution in [0.25, 0.3) is 0 Å². The second-order valence-electron chi connectivity index (χ2n) is 2.78. The van der Waals surface area contributed by atoms with Gasteiger partial charge in [0, 0.05) is 5.69 Å². The maximum atomic E-state index is 12.3. The van der Waals surface area contributed by atoms with Crippen molar-refractivity contribution >= 4 is 6.29 Å². The van der Waals surface area contributed by atoms with Crippen LogP contribution < -0.4 is 0 Å². The van der Waals surface area contributed by atoms with E-state index in [4.69, 9.17) is 0 Å². The molecule has 0 atom stereocenters. The van der Waals surface area contributed by atoms with E-state index in [2.05, 4.69) is 4.98 Å². The number of aromatic amines is 1. The molecule has 0 spiro atoms. The molecule has 0 radical (unpaired) electrons. The van der Waals surface area contributed by atoms with Crippen LogP contribution in [0.3, 0.4) is 0 Å². The molecule has 0 saturated carbocycles. The van der Waals surface area contributed by atoms with Gasteiger partial charge in [-0.15, -0.1) is 0 Å². The molecule has 1 aromatic rings. The van der Waals surface area contributed by atoms with Crippen molar-refractivity contribution in [1.29, 1.82) is 0 Å². The zero-order valence-electron chi connectivity index (χ0n) is 7.12. The molecule has 0 bridgehead atoms. The SMILES string of the molecule is Cc1[nH]c(C=O)c(C)c1C(F)(F)F. The molecule has 1 N–H and O–H groups in total. The van der Waals surface area contributed by atoms with E-state index in [1.165, 1.54) is 13.8 Å². The van der Waals surface area contributed by atoms with Crippen LogP contribution in [0.4, 0.5) is 13.2 Å². The van der Waals surface area contributed by atoms with Crippen LogP contribution in [0.5, 0.6) is 0 Å². The topological polar surface area (TPSA) is 32.9 Å². The summed E-state index contributed by atoms with van der Waals surface area (Å²) in [6.45, 7) is 2.57. The van der Waals surface area contributed by atoms with Gasteiger partial charge in [0.2, 0.25) is 0 Å². The van der Waals surface area contributed by atoms with Gasteiger partial charge in [0.1, 0.15) is 0 Å². The monoisotopic (exact) mass is 191 g/mol. The van der Waals surface area contributed by atoms with Gasteiger partial charge in [0.15, 0.2) is 6.29 Å². The fourth-order valence-electron chi connectivity index (χ4n) is 1.32. The lowest BCUT2D eigenvalue weighted by Crippen LogP contribution is -2.07. The van der Waals surface area contributed by atoms with Crippen molar-refractivity contribution in [2.45, 2.75) is 20.0 Å². The standard InChI is InChI=1S/C8H8F3NO/c1-4-6(3-13)12-5(2)7(4)8(9,10)11/h3,12H,1-2H3. The summed E-state index contributed by atoms with van der Waals surface area (Å²) in [5.74, 6) is 0. The normalized spacial score (nSPS) is 11.8. The highest BCUT2D eigenvalue weighted by molar-refractivity contribution is 5.76. The van der Waals surface area contributed by atoms with Crippen LogP contribution >= 0.6 is 0 Å². The quantitative estimate of drug-likeness (QED) is 0.679. The fraction of sp³-hybridized carbons (Fsp3) is 0.375. The number of halogens is 3. The number of H-pyrrole nitrogens is 1. The molecule has 0 saturated heterocycles. The Morgan fingerprint density at radius 1 is 1.31 bits per heavy atom. The molecule has 72 valence electrons. The van der Waals surface area contributed by atoms with E-state index < -0.39 is 11.7 Å². The summed E-state index contributed by atoms with van der Waals surface area (Å²) in [5, 5.41) is 0. The number of nitrogens with one attached hydrogen (secondary N) is 1. The number of hydrogen-bond acceptors (Lipinski definition) is 1. The minimum Gasteiger partial charge on any atom is -0.356 e. The van der Waals surface area contributed by atoms with Crippen molar-refractivity contribution in [2.24, 2.45) is 0 Å². The molecular weight excluding hydrogens is 183 g/mol. The summed E-state index contributed by atoms with van der Waals surface area (Å²) in [6.07, 6.45) is -4.01. The highest BCUT2D eigenvalue weighted by atomic mass is 19.4. The summed E-state index contributed by atoms with van der Waals surface area (Å²) >= 11 is 0. The van der Waals surface area contributed by atoms with Gasteiger partial charge in [0.05, 0.1) is 11.3 Å². The summed E-state index contributed by atoms with van der Waals surface area (Å²) in [4.78, 5) is 12.7. The number of carbonyl (C=O) groups excluding carboxylic acids is 1. The third kappa shape index (κ3) is 1.59. The number of aryl methyl sites for hydroxylation is 1. The zero-order chi connectivity index (χ0) is 10.2. The lowest BCUT2D eigenvalue weighted by Gasteiger charge is -2.06. The Kier molecular flexibility index (Phi) is 2.19. The van der Waals surface area contributed by atoms with Crippen LogP contribution in [-0.4, -0.2) is 11.3 Å². The van der Waals surface area contributed by atoms with Crippen molar-refractivity contribution in [1.82, 2.24) is 4.98 Å². The fourth-order valence-corrected chi connectivity index (χ4v) is 1.32. The molecule has 0 aliphatic heterocycles. The highest BCUT2D eigenvalue weighted by Gasteiger charge is 2.36. The maximum absolute atomic E-state index is 12.3. The van der Waals surface area contributed by atoms with Crippen LogP contribution in [0.15, 0.2) is 0 Å². The second-order valence-corrected chi connectivity index (χ2v) is 2.78. The summed E-state index contributed by atoms with van der Waals surface area (Å²) < 4.78 is 37.0. The Labute approximate surface area is 72.8 Å². The van der Waals surface area contributed by atoms with E-state index >= 15 is 0 Å². The first-order valence-corrected chi connectivity index (χ1v) is 3.59. The predicted octanol–water partition coefficient (Wildman–Crippen LogP) is 2.46. The zero-order valence-corrected chi connectivity index (χ0v) is 7.12. The first-order valence-electron chi connectivity index (χ1n) is 3.59. The molecule has 0 unspecified atom stereocenters. The number of carbonyl (C=O) groups is 1. The summed E-state index contributed by atoms with van der Waals surface area (Å²) in [7, 11) is 0. The molecule has 5 heteroatoms. The third-order valence-corrected chi connectivity index (χ3v) is 1.88. The van der Waals surface area contributed by atoms with Gasteiger partial charge in [-0.1, -0.05) is 0 Å². The smallest absolute Gasteiger partial charge is 0.356 e. The molecule has 1 rings (SSSR count). The Balaban J connectivity index is 3.37. The van der Waals surface area contributed by atoms with Gasteiger partial charge in [-0.05, 0) is 19.4 Å². The molecular formula is C8H8F3NO. The number of hydrogen-bond donors (Lipinski definition) is 1. The third-order valence-electron chi connectivity index (χ3n) is 1.88. The van der Waals surface area contributed by atoms with Crippen molar-refractivity contribution < 1.29 is 18.0 Å². The second kappa shape index (κ2) is 2.90. The Bertz CT molecular complexity index is 338. The maximum Gasteiger partial charge on any atom is 0.418 e. The molecule has 13 heavy (non-hydrogen) atoms. The van der Waals surface area contributed by atoms with Gasteiger partial charge in [-0.3, -0.25) is 4.79 Å². The molecule has 0 aromatic carbocycles. The molecule has 1 heterocycles. The van der Waals surface area contributed by atoms with E-state index in [-0.39, 0.29) is 17.0 Å². The lowest BCUT2D eigenvalue weighted by atomic mass is 10.1. The van der Waals surface area contributed by atoms with Gasteiger partial charge in [-0.2, -0.15) is 13.2 Å². The van der Waals surface area contributed by atoms with E-state index in [1.54, 1.807) is 0 Å². The van der Waals surface area contributed by atoms with Crippen molar-refractivity contribution in [3.8, 4) is 0 Å². The Morgan fingerprint density at radius 2 is 1.85 bits per heavy atom. The van der Waals surface area contributed by atoms with Crippen molar-refractivity contribution in [3.63, 3.8) is 0 Å². The van der Waals surface area contributed by atoms with Crippen LogP contribution in [-0.2, 0) is 6.18 Å².